The first kappa shape index (κ1) is 48.5. The van der Waals surface area contributed by atoms with E-state index < -0.39 is 69.5 Å². The molecular weight excluding hydrogens is 832 g/mol. The second-order valence-electron chi connectivity index (χ2n) is 13.7. The molecule has 1 fully saturated rings. The maximum Gasteiger partial charge on any atom is 0.407 e. The van der Waals surface area contributed by atoms with Crippen molar-refractivity contribution in [3.63, 3.8) is 0 Å². The number of benzene rings is 1. The van der Waals surface area contributed by atoms with Gasteiger partial charge in [-0.1, -0.05) is 184 Å². The Morgan fingerprint density at radius 2 is 1.40 bits per heavy atom. The van der Waals surface area contributed by atoms with Crippen molar-refractivity contribution in [1.82, 2.24) is 5.32 Å². The summed E-state index contributed by atoms with van der Waals surface area (Å²) in [6.45, 7) is 4.70. The average Bonchev–Trinajstić information content (AvgIpc) is 3.06. The van der Waals surface area contributed by atoms with E-state index in [-0.39, 0.29) is 19.6 Å². The quantitative estimate of drug-likeness (QED) is 0.0277. The van der Waals surface area contributed by atoms with Gasteiger partial charge in [0.25, 0.3) is 3.79 Å². The zero-order valence-corrected chi connectivity index (χ0v) is 36.2. The van der Waals surface area contributed by atoms with Gasteiger partial charge in [-0.05, 0) is 25.3 Å². The Morgan fingerprint density at radius 3 is 1.91 bits per heavy atom. The predicted molar refractivity (Wildman–Crippen MR) is 216 cm³/mol. The molecule has 53 heavy (non-hydrogen) atoms. The number of unbranched alkanes of at least 4 members (excludes halogenated alkanes) is 12. The Kier molecular flexibility index (Phi) is 22.7. The van der Waals surface area contributed by atoms with E-state index in [0.717, 1.165) is 31.2 Å². The summed E-state index contributed by atoms with van der Waals surface area (Å²) in [6, 6.07) is 7.94. The number of alkyl carbamates (subject to hydrolysis) is 1. The highest BCUT2D eigenvalue weighted by atomic mass is 35.6. The summed E-state index contributed by atoms with van der Waals surface area (Å²) in [6.07, 6.45) is 9.94. The monoisotopic (exact) mass is 884 g/mol. The second kappa shape index (κ2) is 24.8. The van der Waals surface area contributed by atoms with E-state index in [1.165, 1.54) is 64.7 Å². The molecule has 1 aliphatic heterocycles. The number of rotatable bonds is 23. The van der Waals surface area contributed by atoms with Crippen LogP contribution in [0.15, 0.2) is 30.3 Å². The van der Waals surface area contributed by atoms with Crippen LogP contribution in [0.5, 0.6) is 0 Å². The third-order valence-electron chi connectivity index (χ3n) is 8.68. The molecule has 2 rings (SSSR count). The molecule has 1 aromatic rings. The zero-order chi connectivity index (χ0) is 39.5. The summed E-state index contributed by atoms with van der Waals surface area (Å²) in [5.74, 6) is -1.43. The Morgan fingerprint density at radius 1 is 0.849 bits per heavy atom. The number of alkyl halides is 6. The topological polar surface area (TPSA) is 133 Å². The molecule has 1 amide bonds. The number of ether oxygens (including phenoxy) is 5. The lowest BCUT2D eigenvalue weighted by Gasteiger charge is -2.47. The molecule has 0 aromatic heterocycles. The van der Waals surface area contributed by atoms with Crippen LogP contribution >= 0.6 is 76.7 Å². The summed E-state index contributed by atoms with van der Waals surface area (Å²) < 4.78 is 38.7. The van der Waals surface area contributed by atoms with E-state index in [2.05, 4.69) is 12.2 Å². The fourth-order valence-electron chi connectivity index (χ4n) is 6.08. The molecule has 0 radical (unpaired) electrons. The summed E-state index contributed by atoms with van der Waals surface area (Å²) in [4.78, 5) is 26.4. The van der Waals surface area contributed by atoms with Gasteiger partial charge in [0.15, 0.2) is 0 Å². The molecule has 2 N–H and O–H groups in total. The van der Waals surface area contributed by atoms with Crippen LogP contribution in [0.25, 0.3) is 0 Å². The van der Waals surface area contributed by atoms with Gasteiger partial charge in [-0.15, -0.1) is 0 Å². The van der Waals surface area contributed by atoms with E-state index in [1.807, 2.05) is 30.3 Å². The van der Waals surface area contributed by atoms with E-state index >= 15 is 0 Å². The van der Waals surface area contributed by atoms with Gasteiger partial charge in [0.05, 0.1) is 32.1 Å². The van der Waals surface area contributed by atoms with Crippen LogP contribution in [0.4, 0.5) is 4.79 Å². The first-order valence-electron chi connectivity index (χ1n) is 18.3. The number of halogens is 6. The lowest BCUT2D eigenvalue weighted by atomic mass is 9.98. The number of hydrogen-bond acceptors (Lipinski definition) is 9. The largest absolute Gasteiger partial charge is 0.459 e. The van der Waals surface area contributed by atoms with Gasteiger partial charge in [0.2, 0.25) is 16.0 Å². The molecule has 1 aromatic carbocycles. The van der Waals surface area contributed by atoms with E-state index in [9.17, 15) is 14.2 Å². The minimum Gasteiger partial charge on any atom is -0.459 e. The lowest BCUT2D eigenvalue weighted by molar-refractivity contribution is -0.217. The minimum absolute atomic E-state index is 0.0780. The van der Waals surface area contributed by atoms with Crippen LogP contribution in [-0.4, -0.2) is 82.3 Å². The summed E-state index contributed by atoms with van der Waals surface area (Å²) in [5.41, 5.74) is -0.132. The zero-order valence-electron chi connectivity index (χ0n) is 30.8. The minimum atomic E-state index is -3.22. The lowest BCUT2D eigenvalue weighted by Crippen LogP contribution is -2.66. The van der Waals surface area contributed by atoms with Crippen molar-refractivity contribution in [2.45, 2.75) is 141 Å². The molecule has 5 atom stereocenters. The van der Waals surface area contributed by atoms with Crippen LogP contribution in [0.1, 0.15) is 102 Å². The van der Waals surface area contributed by atoms with Gasteiger partial charge >= 0.3 is 12.1 Å². The van der Waals surface area contributed by atoms with Crippen LogP contribution in [0, 0.1) is 5.41 Å². The number of esters is 1. The predicted octanol–water partition coefficient (Wildman–Crippen LogP) is 11.1. The van der Waals surface area contributed by atoms with Gasteiger partial charge in [0.1, 0.15) is 18.8 Å². The van der Waals surface area contributed by atoms with Crippen molar-refractivity contribution in [3.8, 4) is 0 Å². The van der Waals surface area contributed by atoms with Gasteiger partial charge < -0.3 is 33.6 Å². The van der Waals surface area contributed by atoms with Crippen molar-refractivity contribution in [2.75, 3.05) is 26.5 Å². The highest BCUT2D eigenvalue weighted by Crippen LogP contribution is 2.51. The SMILES string of the molecule is CCCCCCCCCCCCCCCC(=O)OC1[C@H](P(C)(C)=O)C(COCc2ccccc2)O[C@H](OC(=N)C(Cl)(Cl)Cl)[C@H]1NC(=O)OCC(Cl)(Cl)Cl. The molecule has 1 heterocycles. The summed E-state index contributed by atoms with van der Waals surface area (Å²) in [5, 5.41) is 10.8. The Bertz CT molecular complexity index is 1280. The Balaban J connectivity index is 2.20. The number of carbonyl (C=O) groups excluding carboxylic acids is 2. The highest BCUT2D eigenvalue weighted by molar-refractivity contribution is 7.63. The molecule has 0 bridgehead atoms. The molecule has 1 aliphatic rings. The molecule has 2 unspecified atom stereocenters. The Hall–Kier alpha value is -0.680. The molecule has 1 saturated heterocycles. The molecule has 0 saturated carbocycles. The molecule has 304 valence electrons. The highest BCUT2D eigenvalue weighted by Gasteiger charge is 2.55. The molecule has 0 spiro atoms. The first-order chi connectivity index (χ1) is 24.9. The fraction of sp³-hybridized carbons (Fsp3) is 0.750. The second-order valence-corrected chi connectivity index (χ2v) is 22.0. The number of carbonyl (C=O) groups is 2. The van der Waals surface area contributed by atoms with Gasteiger partial charge in [-0.2, -0.15) is 0 Å². The summed E-state index contributed by atoms with van der Waals surface area (Å²) >= 11 is 35.1. The van der Waals surface area contributed by atoms with Crippen molar-refractivity contribution < 1.29 is 37.8 Å². The third kappa shape index (κ3) is 20.4. The van der Waals surface area contributed by atoms with Crippen LogP contribution in [-0.2, 0) is 39.7 Å². The van der Waals surface area contributed by atoms with Gasteiger partial charge in [0, 0.05) is 6.42 Å². The molecular formula is C36H55Cl6N2O8P. The Labute approximate surface area is 345 Å². The van der Waals surface area contributed by atoms with Crippen molar-refractivity contribution in [3.05, 3.63) is 35.9 Å². The normalized spacial score (nSPS) is 20.8. The number of hydrogen-bond donors (Lipinski definition) is 2. The smallest absolute Gasteiger partial charge is 0.407 e. The maximum atomic E-state index is 14.0. The molecule has 10 nitrogen and oxygen atoms in total. The first-order valence-corrected chi connectivity index (χ1v) is 23.2. The van der Waals surface area contributed by atoms with E-state index in [0.29, 0.717) is 6.42 Å². The van der Waals surface area contributed by atoms with Crippen molar-refractivity contribution >= 4 is 94.7 Å². The van der Waals surface area contributed by atoms with E-state index in [1.54, 1.807) is 0 Å². The number of amides is 1. The van der Waals surface area contributed by atoms with Gasteiger partial charge in [-0.25, -0.2) is 4.79 Å². The van der Waals surface area contributed by atoms with Crippen molar-refractivity contribution in [1.29, 1.82) is 5.41 Å². The van der Waals surface area contributed by atoms with Gasteiger partial charge in [-0.3, -0.25) is 10.2 Å². The molecule has 17 heteroatoms. The van der Waals surface area contributed by atoms with Crippen LogP contribution in [0.3, 0.4) is 0 Å². The molecule has 0 aliphatic carbocycles. The van der Waals surface area contributed by atoms with Crippen molar-refractivity contribution in [2.24, 2.45) is 0 Å². The maximum absolute atomic E-state index is 14.0. The fourth-order valence-corrected chi connectivity index (χ4v) is 8.28. The van der Waals surface area contributed by atoms with E-state index in [4.69, 9.17) is 98.7 Å². The third-order valence-corrected chi connectivity index (χ3v) is 11.6. The summed E-state index contributed by atoms with van der Waals surface area (Å²) in [7, 11) is -3.22. The van der Waals surface area contributed by atoms with Crippen LogP contribution in [0.2, 0.25) is 0 Å². The average molecular weight is 888 g/mol. The number of nitrogens with one attached hydrogen (secondary N) is 2. The van der Waals surface area contributed by atoms with Crippen LogP contribution < -0.4 is 5.32 Å². The standard InChI is InChI=1S/C36H55Cl6N2O8P/c1-4-5-6-7-8-9-10-11-12-13-14-15-19-22-28(45)51-30-29(44-34(46)49-25-35(37,38)39)32(52-33(43)36(40,41)42)50-27(31(30)53(2,3)47)24-48-23-26-20-17-16-18-21-26/h16-18,20-21,27,29-32,43H,4-15,19,22-25H2,1-3H3,(H,44,46)/t27?,29-,30?,31+,32+/m0/s1.